The number of benzene rings is 15. The van der Waals surface area contributed by atoms with Crippen LogP contribution >= 0.6 is 0 Å². The number of hydrogen-bond acceptors (Lipinski definition) is 0. The monoisotopic (exact) mass is 1090 g/mol. The summed E-state index contributed by atoms with van der Waals surface area (Å²) in [6, 6.07) is 114. The van der Waals surface area contributed by atoms with E-state index in [1.165, 1.54) is 187 Å². The maximum atomic E-state index is 2.43. The van der Waals surface area contributed by atoms with Crippen molar-refractivity contribution in [3.05, 3.63) is 353 Å². The summed E-state index contributed by atoms with van der Waals surface area (Å²) in [6.45, 7) is 4.86. The van der Waals surface area contributed by atoms with Crippen LogP contribution in [0.25, 0.3) is 137 Å². The zero-order chi connectivity index (χ0) is 57.0. The van der Waals surface area contributed by atoms with Gasteiger partial charge >= 0.3 is 0 Å². The van der Waals surface area contributed by atoms with Crippen molar-refractivity contribution in [1.82, 2.24) is 0 Å². The molecule has 0 saturated heterocycles. The third-order valence-electron chi connectivity index (χ3n) is 18.7. The van der Waals surface area contributed by atoms with Gasteiger partial charge in [-0.15, -0.1) is 0 Å². The smallest absolute Gasteiger partial charge is 0.0000717 e. The standard InChI is InChI=1S/C86H56/c1-53-73(57-30-7-3-8-31-57)74(58-32-9-4-10-33-58)54(2)76-75(53)83(81-71-47-25-21-43-67(71)80(68-44-22-26-48-72(68)81)64-49-27-39-56-29-17-18-40-63(56)64)86-79(60-36-13-6-14-37-60)78(59-34-11-5-12-35-59)85(84(76)86)82-69-45-23-19-41-65(69)77(66-42-20-24-46-70(66)82)62-51-50-55-28-15-16-38-61(55)52-62/h3-52H,1-2H3. The first-order valence-electron chi connectivity index (χ1n) is 30.1. The van der Waals surface area contributed by atoms with Crippen LogP contribution in [0.15, 0.2) is 309 Å². The van der Waals surface area contributed by atoms with Gasteiger partial charge in [-0.2, -0.15) is 0 Å². The van der Waals surface area contributed by atoms with Gasteiger partial charge < -0.3 is 0 Å². The van der Waals surface area contributed by atoms with E-state index in [4.69, 9.17) is 0 Å². The van der Waals surface area contributed by atoms with Crippen molar-refractivity contribution in [2.24, 2.45) is 0 Å². The predicted molar refractivity (Wildman–Crippen MR) is 368 cm³/mol. The van der Waals surface area contributed by atoms with Gasteiger partial charge in [-0.05, 0) is 207 Å². The van der Waals surface area contributed by atoms with E-state index in [2.05, 4.69) is 317 Å². The van der Waals surface area contributed by atoms with Gasteiger partial charge in [-0.3, -0.25) is 0 Å². The molecule has 0 heterocycles. The van der Waals surface area contributed by atoms with Crippen molar-refractivity contribution in [1.29, 1.82) is 0 Å². The van der Waals surface area contributed by atoms with Crippen LogP contribution in [-0.2, 0) is 0 Å². The first kappa shape index (κ1) is 49.7. The molecule has 0 N–H and O–H groups in total. The Balaban J connectivity index is 1.13. The second-order valence-electron chi connectivity index (χ2n) is 23.2. The lowest BCUT2D eigenvalue weighted by Gasteiger charge is -2.26. The lowest BCUT2D eigenvalue weighted by Crippen LogP contribution is -2.04. The van der Waals surface area contributed by atoms with Gasteiger partial charge in [-0.1, -0.05) is 297 Å². The van der Waals surface area contributed by atoms with Crippen molar-refractivity contribution in [2.75, 3.05) is 0 Å². The van der Waals surface area contributed by atoms with E-state index in [-0.39, 0.29) is 0 Å². The Kier molecular flexibility index (Phi) is 11.5. The molecule has 0 radical (unpaired) electrons. The Bertz CT molecular complexity index is 5310. The summed E-state index contributed by atoms with van der Waals surface area (Å²) in [7, 11) is 0. The van der Waals surface area contributed by atoms with E-state index in [0.29, 0.717) is 0 Å². The predicted octanol–water partition coefficient (Wildman–Crippen LogP) is 23.2. The van der Waals surface area contributed by atoms with Crippen LogP contribution in [0, 0.1) is 13.8 Å². The molecule has 0 heteroatoms. The third kappa shape index (κ3) is 7.43. The maximum Gasteiger partial charge on any atom is -0.0000717 e. The van der Waals surface area contributed by atoms with Crippen LogP contribution in [0.2, 0.25) is 0 Å². The largest absolute Gasteiger partial charge is 0.0622 e. The topological polar surface area (TPSA) is 0 Å². The van der Waals surface area contributed by atoms with Crippen LogP contribution in [-0.4, -0.2) is 0 Å². The molecule has 0 fully saturated rings. The normalized spacial score (nSPS) is 13.1. The minimum absolute atomic E-state index is 1.18. The third-order valence-corrected chi connectivity index (χ3v) is 18.7. The Morgan fingerprint density at radius 1 is 0.163 bits per heavy atom. The highest BCUT2D eigenvalue weighted by molar-refractivity contribution is 6.44. The van der Waals surface area contributed by atoms with Crippen LogP contribution < -0.4 is 0 Å². The molecule has 86 heavy (non-hydrogen) atoms. The van der Waals surface area contributed by atoms with Gasteiger partial charge in [0, 0.05) is 0 Å². The molecule has 17 rings (SSSR count). The molecule has 0 bridgehead atoms. The molecular formula is C86H56. The highest BCUT2D eigenvalue weighted by Crippen LogP contribution is 2.66. The quantitative estimate of drug-likeness (QED) is 0.133. The highest BCUT2D eigenvalue weighted by atomic mass is 14.5. The van der Waals surface area contributed by atoms with Gasteiger partial charge in [0.15, 0.2) is 0 Å². The maximum absolute atomic E-state index is 2.43. The van der Waals surface area contributed by atoms with E-state index >= 15 is 0 Å². The molecule has 0 unspecified atom stereocenters. The highest BCUT2D eigenvalue weighted by Gasteiger charge is 2.45. The molecule has 0 spiro atoms. The zero-order valence-electron chi connectivity index (χ0n) is 47.9. The van der Waals surface area contributed by atoms with Crippen molar-refractivity contribution >= 4 is 92.5 Å². The van der Waals surface area contributed by atoms with E-state index in [9.17, 15) is 0 Å². The Morgan fingerprint density at radius 3 is 0.988 bits per heavy atom. The van der Waals surface area contributed by atoms with Gasteiger partial charge in [0.25, 0.3) is 0 Å². The molecule has 0 aromatic heterocycles. The summed E-state index contributed by atoms with van der Waals surface area (Å²) in [4.78, 5) is 0. The summed E-state index contributed by atoms with van der Waals surface area (Å²) in [5.74, 6) is 0. The minimum atomic E-state index is 1.18. The number of fused-ring (bicyclic) bond motifs is 9. The molecule has 2 aliphatic rings. The Hall–Kier alpha value is -10.9. The van der Waals surface area contributed by atoms with Crippen molar-refractivity contribution in [3.8, 4) is 44.5 Å². The summed E-state index contributed by atoms with van der Waals surface area (Å²) < 4.78 is 0. The van der Waals surface area contributed by atoms with E-state index in [1.807, 2.05) is 0 Å². The van der Waals surface area contributed by atoms with Crippen molar-refractivity contribution < 1.29 is 0 Å². The molecule has 0 amide bonds. The summed E-state index contributed by atoms with van der Waals surface area (Å²) in [5.41, 5.74) is 27.4. The lowest BCUT2D eigenvalue weighted by molar-refractivity contribution is 1.34. The molecule has 15 aromatic carbocycles. The molecule has 15 aromatic rings. The second kappa shape index (κ2) is 19.9. The minimum Gasteiger partial charge on any atom is -0.0622 e. The first-order chi connectivity index (χ1) is 42.6. The zero-order valence-corrected chi connectivity index (χ0v) is 47.9. The number of allylic oxidation sites excluding steroid dienone is 5. The van der Waals surface area contributed by atoms with Gasteiger partial charge in [0.1, 0.15) is 0 Å². The molecule has 0 atom stereocenters. The fourth-order valence-electron chi connectivity index (χ4n) is 15.3. The van der Waals surface area contributed by atoms with Crippen molar-refractivity contribution in [2.45, 2.75) is 13.8 Å². The van der Waals surface area contributed by atoms with Crippen LogP contribution in [0.3, 0.4) is 0 Å². The summed E-state index contributed by atoms with van der Waals surface area (Å²) >= 11 is 0. The average Bonchev–Trinajstić information content (AvgIpc) is 1.54. The summed E-state index contributed by atoms with van der Waals surface area (Å²) in [6.07, 6.45) is 0. The Labute approximate surface area is 501 Å². The van der Waals surface area contributed by atoms with Gasteiger partial charge in [0.2, 0.25) is 0 Å². The SMILES string of the molecule is Cc1c2c(c(C)c(-c3ccccc3)c1-c1ccccc1)C(c1c3ccccc3c(-c3cccc4ccccc34)c3ccccc13)=C1C(c3ccccc3)=C(c3ccccc3)C(c3c4ccccc4c(-c4ccc5ccccc5c4)c4ccccc34)=C12. The van der Waals surface area contributed by atoms with Crippen LogP contribution in [0.1, 0.15) is 44.5 Å². The lowest BCUT2D eigenvalue weighted by atomic mass is 9.76. The second-order valence-corrected chi connectivity index (χ2v) is 23.2. The van der Waals surface area contributed by atoms with E-state index in [1.54, 1.807) is 0 Å². The molecular weight excluding hydrogens is 1030 g/mol. The number of hydrogen-bond donors (Lipinski definition) is 0. The molecule has 2 aliphatic carbocycles. The Morgan fingerprint density at radius 2 is 0.500 bits per heavy atom. The van der Waals surface area contributed by atoms with Crippen LogP contribution in [0.4, 0.5) is 0 Å². The molecule has 400 valence electrons. The van der Waals surface area contributed by atoms with Crippen LogP contribution in [0.5, 0.6) is 0 Å². The fraction of sp³-hybridized carbons (Fsp3) is 0.0233. The average molecular weight is 1090 g/mol. The van der Waals surface area contributed by atoms with E-state index < -0.39 is 0 Å². The summed E-state index contributed by atoms with van der Waals surface area (Å²) in [5, 5.41) is 14.8. The van der Waals surface area contributed by atoms with Gasteiger partial charge in [0.05, 0.1) is 0 Å². The molecule has 0 aliphatic heterocycles. The van der Waals surface area contributed by atoms with Crippen molar-refractivity contribution in [3.63, 3.8) is 0 Å². The van der Waals surface area contributed by atoms with E-state index in [0.717, 1.165) is 0 Å². The molecule has 0 nitrogen and oxygen atoms in total. The first-order valence-corrected chi connectivity index (χ1v) is 30.1. The fourth-order valence-corrected chi connectivity index (χ4v) is 15.3. The number of rotatable bonds is 8. The molecule has 0 saturated carbocycles. The van der Waals surface area contributed by atoms with Gasteiger partial charge in [-0.25, -0.2) is 0 Å².